The highest BCUT2D eigenvalue weighted by Crippen LogP contribution is 2.35. The largest absolute Gasteiger partial charge is 0.438 e. The van der Waals surface area contributed by atoms with Crippen LogP contribution in [0.5, 0.6) is 11.6 Å². The minimum Gasteiger partial charge on any atom is -0.438 e. The van der Waals surface area contributed by atoms with Crippen molar-refractivity contribution in [2.24, 2.45) is 0 Å². The molecule has 37 heavy (non-hydrogen) atoms. The smallest absolute Gasteiger partial charge is 0.269 e. The molecule has 0 aliphatic carbocycles. The molecule has 0 spiro atoms. The molecule has 2 aromatic carbocycles. The van der Waals surface area contributed by atoms with Crippen molar-refractivity contribution in [2.45, 2.75) is 27.3 Å². The first kappa shape index (κ1) is 24.9. The summed E-state index contributed by atoms with van der Waals surface area (Å²) < 4.78 is 21.3. The highest BCUT2D eigenvalue weighted by Gasteiger charge is 2.33. The topological polar surface area (TPSA) is 63.9 Å². The summed E-state index contributed by atoms with van der Waals surface area (Å²) in [4.78, 5) is 33.3. The molecule has 1 fully saturated rings. The first-order chi connectivity index (χ1) is 17.7. The number of pyridine rings is 1. The predicted molar refractivity (Wildman–Crippen MR) is 147 cm³/mol. The summed E-state index contributed by atoms with van der Waals surface area (Å²) in [5, 5.41) is 0. The number of aryl methyl sites for hydroxylation is 3. The average molecular weight is 532 g/mol. The summed E-state index contributed by atoms with van der Waals surface area (Å²) in [5.74, 6) is -0.0283. The van der Waals surface area contributed by atoms with E-state index in [-0.39, 0.29) is 40.2 Å². The number of ether oxygens (including phenoxy) is 1. The number of rotatable bonds is 5. The van der Waals surface area contributed by atoms with Crippen molar-refractivity contribution in [3.05, 3.63) is 110 Å². The molecule has 1 aliphatic heterocycles. The van der Waals surface area contributed by atoms with E-state index < -0.39 is 0 Å². The molecule has 0 N–H and O–H groups in total. The molecule has 1 amide bonds. The van der Waals surface area contributed by atoms with Crippen LogP contribution in [0.4, 0.5) is 4.39 Å². The maximum absolute atomic E-state index is 13.6. The van der Waals surface area contributed by atoms with Crippen LogP contribution in [0.15, 0.2) is 70.5 Å². The Morgan fingerprint density at radius 2 is 1.81 bits per heavy atom. The van der Waals surface area contributed by atoms with Gasteiger partial charge >= 0.3 is 0 Å². The van der Waals surface area contributed by atoms with Gasteiger partial charge < -0.3 is 4.74 Å². The molecule has 0 atom stereocenters. The van der Waals surface area contributed by atoms with Crippen molar-refractivity contribution in [3.63, 3.8) is 0 Å². The minimum atomic E-state index is -0.364. The molecule has 9 heteroatoms. The van der Waals surface area contributed by atoms with Crippen LogP contribution in [0, 0.1) is 26.6 Å². The molecular formula is C28H22FN3O3S2. The molecule has 1 saturated heterocycles. The van der Waals surface area contributed by atoms with Crippen molar-refractivity contribution in [1.29, 1.82) is 0 Å². The van der Waals surface area contributed by atoms with Gasteiger partial charge in [-0.1, -0.05) is 59.9 Å². The Hall–Kier alpha value is -3.82. The predicted octanol–water partition coefficient (Wildman–Crippen LogP) is 5.95. The number of carbonyl (C=O) groups is 1. The number of carbonyl (C=O) groups excluding carboxylic acids is 1. The summed E-state index contributed by atoms with van der Waals surface area (Å²) in [6.45, 7) is 5.97. The minimum absolute atomic E-state index is 0.107. The fourth-order valence-electron chi connectivity index (χ4n) is 4.05. The number of nitrogens with zero attached hydrogens (tertiary/aromatic N) is 3. The molecule has 6 nitrogen and oxygen atoms in total. The summed E-state index contributed by atoms with van der Waals surface area (Å²) >= 11 is 6.55. The van der Waals surface area contributed by atoms with Crippen molar-refractivity contribution < 1.29 is 13.9 Å². The summed E-state index contributed by atoms with van der Waals surface area (Å²) in [7, 11) is 0. The van der Waals surface area contributed by atoms with Gasteiger partial charge in [-0.3, -0.25) is 18.9 Å². The molecule has 1 aliphatic rings. The molecular weight excluding hydrogens is 509 g/mol. The van der Waals surface area contributed by atoms with Crippen molar-refractivity contribution in [2.75, 3.05) is 0 Å². The van der Waals surface area contributed by atoms with Gasteiger partial charge in [-0.25, -0.2) is 4.39 Å². The van der Waals surface area contributed by atoms with E-state index in [1.807, 2.05) is 45.0 Å². The van der Waals surface area contributed by atoms with Gasteiger partial charge in [0.05, 0.1) is 11.4 Å². The third kappa shape index (κ3) is 4.92. The van der Waals surface area contributed by atoms with Gasteiger partial charge in [0.2, 0.25) is 5.88 Å². The molecule has 0 saturated carbocycles. The lowest BCUT2D eigenvalue weighted by Crippen LogP contribution is -2.27. The Kier molecular flexibility index (Phi) is 6.66. The molecule has 0 bridgehead atoms. The lowest BCUT2D eigenvalue weighted by Gasteiger charge is -2.14. The van der Waals surface area contributed by atoms with Gasteiger partial charge in [0.15, 0.2) is 0 Å². The maximum atomic E-state index is 13.6. The Balaban J connectivity index is 1.59. The van der Waals surface area contributed by atoms with E-state index >= 15 is 0 Å². The number of amides is 1. The standard InChI is InChI=1S/C28H22FN3O3S2/c1-16-6-11-22(18(3)13-16)35-25-21(26(33)31-12-4-5-17(2)24(31)30-25)14-23-27(34)32(28(36)37-23)15-19-7-9-20(29)10-8-19/h4-14H,15H2,1-3H3/b23-14+. The molecule has 0 unspecified atom stereocenters. The van der Waals surface area contributed by atoms with Gasteiger partial charge in [-0.15, -0.1) is 0 Å². The van der Waals surface area contributed by atoms with Gasteiger partial charge in [-0.05, 0) is 67.8 Å². The number of thioether (sulfide) groups is 1. The monoisotopic (exact) mass is 531 g/mol. The molecule has 2 aromatic heterocycles. The van der Waals surface area contributed by atoms with E-state index in [2.05, 4.69) is 4.98 Å². The molecule has 4 aromatic rings. The number of hydrogen-bond donors (Lipinski definition) is 0. The van der Waals surface area contributed by atoms with E-state index in [1.165, 1.54) is 27.5 Å². The van der Waals surface area contributed by atoms with Crippen LogP contribution >= 0.6 is 24.0 Å². The Morgan fingerprint density at radius 1 is 1.05 bits per heavy atom. The fraction of sp³-hybridized carbons (Fsp3) is 0.143. The number of fused-ring (bicyclic) bond motifs is 1. The third-order valence-corrected chi connectivity index (χ3v) is 7.37. The zero-order chi connectivity index (χ0) is 26.3. The van der Waals surface area contributed by atoms with Crippen molar-refractivity contribution in [3.8, 4) is 11.6 Å². The third-order valence-electron chi connectivity index (χ3n) is 5.99. The molecule has 3 heterocycles. The Labute approximate surface area is 222 Å². The number of aromatic nitrogens is 2. The highest BCUT2D eigenvalue weighted by molar-refractivity contribution is 8.26. The van der Waals surface area contributed by atoms with Crippen LogP contribution in [0.2, 0.25) is 0 Å². The van der Waals surface area contributed by atoms with E-state index in [4.69, 9.17) is 17.0 Å². The SMILES string of the molecule is Cc1ccc(Oc2nc3c(C)cccn3c(=O)c2/C=C2/SC(=S)N(Cc3ccc(F)cc3)C2=O)c(C)c1. The number of hydrogen-bond acceptors (Lipinski definition) is 6. The summed E-state index contributed by atoms with van der Waals surface area (Å²) in [6, 6.07) is 15.2. The Morgan fingerprint density at radius 3 is 2.54 bits per heavy atom. The number of thiocarbonyl (C=S) groups is 1. The van der Waals surface area contributed by atoms with Gasteiger partial charge in [0.1, 0.15) is 27.1 Å². The lowest BCUT2D eigenvalue weighted by molar-refractivity contribution is -0.122. The second-order valence-corrected chi connectivity index (χ2v) is 10.5. The van der Waals surface area contributed by atoms with E-state index in [0.717, 1.165) is 34.0 Å². The van der Waals surface area contributed by atoms with Gasteiger partial charge in [0.25, 0.3) is 11.5 Å². The van der Waals surface area contributed by atoms with Crippen LogP contribution in [0.1, 0.15) is 27.8 Å². The lowest BCUT2D eigenvalue weighted by atomic mass is 10.1. The second-order valence-electron chi connectivity index (χ2n) is 8.79. The normalized spacial score (nSPS) is 14.7. The van der Waals surface area contributed by atoms with Crippen LogP contribution in [0.25, 0.3) is 11.7 Å². The van der Waals surface area contributed by atoms with Gasteiger partial charge in [0, 0.05) is 6.20 Å². The molecule has 5 rings (SSSR count). The first-order valence-corrected chi connectivity index (χ1v) is 12.7. The zero-order valence-corrected chi connectivity index (χ0v) is 22.0. The highest BCUT2D eigenvalue weighted by atomic mass is 32.2. The number of benzene rings is 2. The van der Waals surface area contributed by atoms with Crippen molar-refractivity contribution in [1.82, 2.24) is 14.3 Å². The zero-order valence-electron chi connectivity index (χ0n) is 20.3. The molecule has 186 valence electrons. The number of halogens is 1. The average Bonchev–Trinajstić information content (AvgIpc) is 3.12. The van der Waals surface area contributed by atoms with Crippen LogP contribution in [-0.2, 0) is 11.3 Å². The van der Waals surface area contributed by atoms with Crippen LogP contribution < -0.4 is 10.3 Å². The van der Waals surface area contributed by atoms with Crippen LogP contribution in [0.3, 0.4) is 0 Å². The summed E-state index contributed by atoms with van der Waals surface area (Å²) in [6.07, 6.45) is 3.13. The molecule has 0 radical (unpaired) electrons. The quantitative estimate of drug-likeness (QED) is 0.234. The second kappa shape index (κ2) is 9.91. The van der Waals surface area contributed by atoms with Crippen molar-refractivity contribution >= 4 is 45.9 Å². The van der Waals surface area contributed by atoms with E-state index in [0.29, 0.717) is 15.7 Å². The first-order valence-electron chi connectivity index (χ1n) is 11.5. The van der Waals surface area contributed by atoms with Crippen LogP contribution in [-0.4, -0.2) is 24.5 Å². The van der Waals surface area contributed by atoms with E-state index in [1.54, 1.807) is 24.4 Å². The summed E-state index contributed by atoms with van der Waals surface area (Å²) in [5.41, 5.74) is 3.76. The Bertz CT molecular complexity index is 1660. The van der Waals surface area contributed by atoms with Gasteiger partial charge in [-0.2, -0.15) is 4.98 Å². The maximum Gasteiger partial charge on any atom is 0.269 e. The fourth-order valence-corrected chi connectivity index (χ4v) is 5.29. The van der Waals surface area contributed by atoms with E-state index in [9.17, 15) is 14.0 Å².